The normalized spacial score (nSPS) is 12.4. The Bertz CT molecular complexity index is 465. The summed E-state index contributed by atoms with van der Waals surface area (Å²) in [4.78, 5) is 12.3. The van der Waals surface area contributed by atoms with Crippen molar-refractivity contribution in [3.05, 3.63) is 27.1 Å². The van der Waals surface area contributed by atoms with Crippen molar-refractivity contribution >= 4 is 43.5 Å². The molecule has 0 spiro atoms. The van der Waals surface area contributed by atoms with E-state index in [0.717, 1.165) is 14.6 Å². The van der Waals surface area contributed by atoms with Crippen LogP contribution < -0.4 is 11.1 Å². The average Bonchev–Trinajstić information content (AvgIpc) is 2.20. The molecule has 100 valence electrons. The summed E-state index contributed by atoms with van der Waals surface area (Å²) < 4.78 is 1.78. The molecule has 1 aromatic rings. The summed E-state index contributed by atoms with van der Waals surface area (Å²) in [6, 6.07) is 5.60. The quantitative estimate of drug-likeness (QED) is 0.838. The molecule has 3 N–H and O–H groups in total. The lowest BCUT2D eigenvalue weighted by Gasteiger charge is -2.36. The van der Waals surface area contributed by atoms with Crippen LogP contribution in [0, 0.1) is 5.41 Å². The Labute approximate surface area is 125 Å². The molecule has 0 unspecified atom stereocenters. The first kappa shape index (κ1) is 15.7. The number of anilines is 1. The molecule has 0 aliphatic rings. The zero-order valence-electron chi connectivity index (χ0n) is 11.0. The Kier molecular flexibility index (Phi) is 4.62. The molecule has 3 nitrogen and oxygen atoms in total. The van der Waals surface area contributed by atoms with Gasteiger partial charge in [-0.3, -0.25) is 4.79 Å². The van der Waals surface area contributed by atoms with Gasteiger partial charge in [-0.25, -0.2) is 0 Å². The predicted octanol–water partition coefficient (Wildman–Crippen LogP) is 3.91. The standard InChI is InChI=1S/C13H18Br2N2O/c1-12(2,13(3,4)16)11(18)17-10-6-5-8(14)7-9(10)15/h5-7H,16H2,1-4H3,(H,17,18). The molecule has 0 radical (unpaired) electrons. The lowest BCUT2D eigenvalue weighted by molar-refractivity contribution is -0.126. The summed E-state index contributed by atoms with van der Waals surface area (Å²) in [5, 5.41) is 2.90. The van der Waals surface area contributed by atoms with Crippen molar-refractivity contribution in [3.63, 3.8) is 0 Å². The molecule has 5 heteroatoms. The molecule has 0 bridgehead atoms. The van der Waals surface area contributed by atoms with E-state index in [-0.39, 0.29) is 5.91 Å². The fourth-order valence-corrected chi connectivity index (χ4v) is 2.31. The van der Waals surface area contributed by atoms with Gasteiger partial charge in [0.05, 0.1) is 11.1 Å². The largest absolute Gasteiger partial charge is 0.325 e. The van der Waals surface area contributed by atoms with Crippen LogP contribution in [0.5, 0.6) is 0 Å². The number of hydrogen-bond acceptors (Lipinski definition) is 2. The van der Waals surface area contributed by atoms with Gasteiger partial charge >= 0.3 is 0 Å². The summed E-state index contributed by atoms with van der Waals surface area (Å²) in [6.07, 6.45) is 0. The van der Waals surface area contributed by atoms with Gasteiger partial charge in [0.15, 0.2) is 0 Å². The summed E-state index contributed by atoms with van der Waals surface area (Å²) in [7, 11) is 0. The molecule has 0 aromatic heterocycles. The Morgan fingerprint density at radius 2 is 1.78 bits per heavy atom. The number of carbonyl (C=O) groups excluding carboxylic acids is 1. The van der Waals surface area contributed by atoms with Gasteiger partial charge in [-0.1, -0.05) is 15.9 Å². The monoisotopic (exact) mass is 376 g/mol. The lowest BCUT2D eigenvalue weighted by atomic mass is 9.74. The maximum atomic E-state index is 12.3. The first-order valence-corrected chi connectivity index (χ1v) is 7.19. The zero-order valence-corrected chi connectivity index (χ0v) is 14.1. The second-order valence-corrected chi connectivity index (χ2v) is 7.19. The molecule has 0 saturated heterocycles. The van der Waals surface area contributed by atoms with Crippen LogP contribution in [0.1, 0.15) is 27.7 Å². The summed E-state index contributed by atoms with van der Waals surface area (Å²) in [6.45, 7) is 7.39. The number of nitrogens with one attached hydrogen (secondary N) is 1. The summed E-state index contributed by atoms with van der Waals surface area (Å²) >= 11 is 6.79. The smallest absolute Gasteiger partial charge is 0.231 e. The molecule has 0 aliphatic carbocycles. The molecule has 0 aliphatic heterocycles. The number of benzene rings is 1. The Balaban J connectivity index is 2.95. The van der Waals surface area contributed by atoms with E-state index in [1.165, 1.54) is 0 Å². The molecule has 1 aromatic carbocycles. The van der Waals surface area contributed by atoms with Crippen LogP contribution >= 0.6 is 31.9 Å². The van der Waals surface area contributed by atoms with E-state index in [9.17, 15) is 4.79 Å². The van der Waals surface area contributed by atoms with Crippen LogP contribution in [0.15, 0.2) is 27.1 Å². The highest BCUT2D eigenvalue weighted by Crippen LogP contribution is 2.32. The fourth-order valence-electron chi connectivity index (χ4n) is 1.16. The molecule has 18 heavy (non-hydrogen) atoms. The highest BCUT2D eigenvalue weighted by atomic mass is 79.9. The number of hydrogen-bond donors (Lipinski definition) is 2. The van der Waals surface area contributed by atoms with Crippen molar-refractivity contribution in [1.82, 2.24) is 0 Å². The summed E-state index contributed by atoms with van der Waals surface area (Å²) in [5.41, 5.74) is 5.52. The van der Waals surface area contributed by atoms with E-state index >= 15 is 0 Å². The molecule has 0 atom stereocenters. The lowest BCUT2D eigenvalue weighted by Crippen LogP contribution is -2.53. The van der Waals surface area contributed by atoms with E-state index in [4.69, 9.17) is 5.73 Å². The number of nitrogens with two attached hydrogens (primary N) is 1. The molecule has 1 rings (SSSR count). The van der Waals surface area contributed by atoms with Gasteiger partial charge < -0.3 is 11.1 Å². The van der Waals surface area contributed by atoms with Gasteiger partial charge in [-0.15, -0.1) is 0 Å². The van der Waals surface area contributed by atoms with Gasteiger partial charge in [0.2, 0.25) is 5.91 Å². The van der Waals surface area contributed by atoms with Crippen molar-refractivity contribution in [2.24, 2.45) is 11.1 Å². The first-order valence-electron chi connectivity index (χ1n) is 5.61. The van der Waals surface area contributed by atoms with E-state index in [0.29, 0.717) is 0 Å². The van der Waals surface area contributed by atoms with Gasteiger partial charge in [-0.05, 0) is 61.8 Å². The van der Waals surface area contributed by atoms with Crippen LogP contribution in [-0.4, -0.2) is 11.4 Å². The third-order valence-corrected chi connectivity index (χ3v) is 4.51. The van der Waals surface area contributed by atoms with Crippen LogP contribution in [-0.2, 0) is 4.79 Å². The van der Waals surface area contributed by atoms with Crippen LogP contribution in [0.25, 0.3) is 0 Å². The van der Waals surface area contributed by atoms with Gasteiger partial charge in [-0.2, -0.15) is 0 Å². The third kappa shape index (κ3) is 3.33. The molecule has 0 heterocycles. The van der Waals surface area contributed by atoms with Crippen molar-refractivity contribution in [3.8, 4) is 0 Å². The highest BCUT2D eigenvalue weighted by molar-refractivity contribution is 9.11. The van der Waals surface area contributed by atoms with Crippen molar-refractivity contribution in [2.45, 2.75) is 33.2 Å². The third-order valence-electron chi connectivity index (χ3n) is 3.36. The minimum atomic E-state index is -0.667. The molecular weight excluding hydrogens is 360 g/mol. The van der Waals surface area contributed by atoms with Crippen LogP contribution in [0.2, 0.25) is 0 Å². The minimum Gasteiger partial charge on any atom is -0.325 e. The maximum Gasteiger partial charge on any atom is 0.231 e. The molecular formula is C13H18Br2N2O. The second kappa shape index (κ2) is 5.31. The zero-order chi connectivity index (χ0) is 14.1. The Hall–Kier alpha value is -0.390. The SMILES string of the molecule is CC(C)(N)C(C)(C)C(=O)Nc1ccc(Br)cc1Br. The Morgan fingerprint density at radius 1 is 1.22 bits per heavy atom. The highest BCUT2D eigenvalue weighted by Gasteiger charge is 2.40. The second-order valence-electron chi connectivity index (χ2n) is 5.42. The van der Waals surface area contributed by atoms with Crippen molar-refractivity contribution in [2.75, 3.05) is 5.32 Å². The predicted molar refractivity (Wildman–Crippen MR) is 82.5 cm³/mol. The maximum absolute atomic E-state index is 12.3. The number of amides is 1. The Morgan fingerprint density at radius 3 is 2.22 bits per heavy atom. The van der Waals surface area contributed by atoms with Gasteiger partial charge in [0, 0.05) is 14.5 Å². The fraction of sp³-hybridized carbons (Fsp3) is 0.462. The van der Waals surface area contributed by atoms with Crippen LogP contribution in [0.4, 0.5) is 5.69 Å². The van der Waals surface area contributed by atoms with E-state index in [1.807, 2.05) is 45.9 Å². The average molecular weight is 378 g/mol. The minimum absolute atomic E-state index is 0.0991. The first-order chi connectivity index (χ1) is 8.05. The molecule has 0 fully saturated rings. The van der Waals surface area contributed by atoms with E-state index < -0.39 is 11.0 Å². The topological polar surface area (TPSA) is 55.1 Å². The summed E-state index contributed by atoms with van der Waals surface area (Å²) in [5.74, 6) is -0.0991. The number of carbonyl (C=O) groups is 1. The van der Waals surface area contributed by atoms with Gasteiger partial charge in [0.1, 0.15) is 0 Å². The van der Waals surface area contributed by atoms with E-state index in [2.05, 4.69) is 37.2 Å². The van der Waals surface area contributed by atoms with Crippen molar-refractivity contribution < 1.29 is 4.79 Å². The number of rotatable bonds is 3. The van der Waals surface area contributed by atoms with Crippen LogP contribution in [0.3, 0.4) is 0 Å². The number of halogens is 2. The molecule has 0 saturated carbocycles. The van der Waals surface area contributed by atoms with Gasteiger partial charge in [0.25, 0.3) is 0 Å². The van der Waals surface area contributed by atoms with E-state index in [1.54, 1.807) is 0 Å². The van der Waals surface area contributed by atoms with Crippen molar-refractivity contribution in [1.29, 1.82) is 0 Å². The molecule has 1 amide bonds.